The number of phenolic OH excluding ortho intramolecular Hbond substituents is 2. The molecule has 0 aliphatic carbocycles. The predicted molar refractivity (Wildman–Crippen MR) is 102 cm³/mol. The summed E-state index contributed by atoms with van der Waals surface area (Å²) >= 11 is 0. The largest absolute Gasteiger partial charge is 0.504 e. The lowest BCUT2D eigenvalue weighted by molar-refractivity contribution is 0.341. The molecule has 5 heteroatoms. The van der Waals surface area contributed by atoms with Gasteiger partial charge in [0.25, 0.3) is 0 Å². The number of rotatable bonds is 8. The Kier molecular flexibility index (Phi) is 6.61. The molecule has 0 saturated carbocycles. The molecular weight excluding hydrogens is 332 g/mol. The van der Waals surface area contributed by atoms with Crippen LogP contribution in [0.3, 0.4) is 0 Å². The van der Waals surface area contributed by atoms with Crippen LogP contribution in [0, 0.1) is 11.8 Å². The van der Waals surface area contributed by atoms with E-state index in [1.165, 1.54) is 12.7 Å². The van der Waals surface area contributed by atoms with E-state index in [1.54, 1.807) is 26.4 Å². The zero-order chi connectivity index (χ0) is 19.3. The van der Waals surface area contributed by atoms with Crippen LogP contribution in [0.15, 0.2) is 30.3 Å². The van der Waals surface area contributed by atoms with Gasteiger partial charge in [0, 0.05) is 0 Å². The predicted octanol–water partition coefficient (Wildman–Crippen LogP) is 4.18. The molecule has 2 rings (SSSR count). The van der Waals surface area contributed by atoms with Gasteiger partial charge in [0.05, 0.1) is 21.3 Å². The summed E-state index contributed by atoms with van der Waals surface area (Å²) in [6.07, 6.45) is 1.65. The molecule has 0 aliphatic heterocycles. The van der Waals surface area contributed by atoms with Crippen molar-refractivity contribution >= 4 is 0 Å². The van der Waals surface area contributed by atoms with Gasteiger partial charge in [0.1, 0.15) is 0 Å². The zero-order valence-electron chi connectivity index (χ0n) is 16.1. The van der Waals surface area contributed by atoms with Crippen LogP contribution in [0.1, 0.15) is 25.0 Å². The molecule has 5 nitrogen and oxygen atoms in total. The van der Waals surface area contributed by atoms with E-state index < -0.39 is 0 Å². The number of aromatic hydroxyl groups is 2. The van der Waals surface area contributed by atoms with Gasteiger partial charge in [-0.25, -0.2) is 0 Å². The van der Waals surface area contributed by atoms with Crippen molar-refractivity contribution in [2.75, 3.05) is 21.3 Å². The topological polar surface area (TPSA) is 68.2 Å². The third-order valence-electron chi connectivity index (χ3n) is 4.85. The normalized spacial score (nSPS) is 13.1. The van der Waals surface area contributed by atoms with Gasteiger partial charge in [-0.2, -0.15) is 0 Å². The second-order valence-electron chi connectivity index (χ2n) is 6.72. The Balaban J connectivity index is 2.07. The van der Waals surface area contributed by atoms with Gasteiger partial charge < -0.3 is 24.4 Å². The van der Waals surface area contributed by atoms with Crippen LogP contribution in [0.25, 0.3) is 0 Å². The highest BCUT2D eigenvalue weighted by atomic mass is 16.5. The van der Waals surface area contributed by atoms with Gasteiger partial charge in [-0.05, 0) is 60.1 Å². The molecule has 0 saturated heterocycles. The fourth-order valence-electron chi connectivity index (χ4n) is 3.14. The molecule has 2 atom stereocenters. The minimum absolute atomic E-state index is 0.0396. The maximum absolute atomic E-state index is 9.96. The van der Waals surface area contributed by atoms with Gasteiger partial charge >= 0.3 is 0 Å². The first-order chi connectivity index (χ1) is 12.4. The molecule has 0 spiro atoms. The molecule has 0 radical (unpaired) electrons. The van der Waals surface area contributed by atoms with E-state index in [0.29, 0.717) is 11.8 Å². The van der Waals surface area contributed by atoms with Crippen LogP contribution in [0.4, 0.5) is 0 Å². The third-order valence-corrected chi connectivity index (χ3v) is 4.85. The summed E-state index contributed by atoms with van der Waals surface area (Å²) in [6, 6.07) is 9.28. The van der Waals surface area contributed by atoms with Crippen LogP contribution in [0.2, 0.25) is 0 Å². The average molecular weight is 360 g/mol. The first kappa shape index (κ1) is 19.8. The first-order valence-electron chi connectivity index (χ1n) is 8.69. The van der Waals surface area contributed by atoms with Crippen molar-refractivity contribution in [1.82, 2.24) is 0 Å². The summed E-state index contributed by atoms with van der Waals surface area (Å²) in [5.74, 6) is 2.25. The lowest BCUT2D eigenvalue weighted by atomic mass is 9.85. The maximum atomic E-state index is 9.96. The van der Waals surface area contributed by atoms with Crippen molar-refractivity contribution in [3.63, 3.8) is 0 Å². The fraction of sp³-hybridized carbons (Fsp3) is 0.429. The Morgan fingerprint density at radius 2 is 1.27 bits per heavy atom. The molecule has 2 aromatic carbocycles. The summed E-state index contributed by atoms with van der Waals surface area (Å²) in [7, 11) is 4.68. The number of hydrogen-bond donors (Lipinski definition) is 2. The van der Waals surface area contributed by atoms with E-state index in [4.69, 9.17) is 14.2 Å². The van der Waals surface area contributed by atoms with E-state index in [-0.39, 0.29) is 17.2 Å². The highest BCUT2D eigenvalue weighted by molar-refractivity contribution is 5.52. The summed E-state index contributed by atoms with van der Waals surface area (Å²) in [4.78, 5) is 0. The number of phenols is 2. The van der Waals surface area contributed by atoms with Gasteiger partial charge in [0.15, 0.2) is 23.0 Å². The summed E-state index contributed by atoms with van der Waals surface area (Å²) in [5.41, 5.74) is 2.06. The molecule has 0 heterocycles. The molecule has 2 N–H and O–H groups in total. The van der Waals surface area contributed by atoms with Crippen LogP contribution < -0.4 is 14.2 Å². The Labute approximate surface area is 155 Å². The molecule has 0 bridgehead atoms. The standard InChI is InChI=1S/C21H28O5/c1-13(8-15-6-7-19(24-3)20(12-15)25-4)14(2)9-16-10-17(22)21(26-5)18(23)11-16/h6-7,10-14,22-23H,8-9H2,1-5H3/t13-,14+/m0/s1. The summed E-state index contributed by atoms with van der Waals surface area (Å²) in [5, 5.41) is 19.9. The first-order valence-corrected chi connectivity index (χ1v) is 8.69. The molecule has 142 valence electrons. The number of ether oxygens (including phenoxy) is 3. The van der Waals surface area contributed by atoms with Crippen molar-refractivity contribution in [3.8, 4) is 28.7 Å². The minimum Gasteiger partial charge on any atom is -0.504 e. The van der Waals surface area contributed by atoms with Crippen molar-refractivity contribution in [2.45, 2.75) is 26.7 Å². The van der Waals surface area contributed by atoms with Gasteiger partial charge in [0.2, 0.25) is 5.75 Å². The summed E-state index contributed by atoms with van der Waals surface area (Å²) in [6.45, 7) is 4.37. The molecule has 0 aliphatic rings. The lowest BCUT2D eigenvalue weighted by Gasteiger charge is -2.21. The third kappa shape index (κ3) is 4.54. The zero-order valence-corrected chi connectivity index (χ0v) is 16.1. The Bertz CT molecular complexity index is 718. The van der Waals surface area contributed by atoms with E-state index in [9.17, 15) is 10.2 Å². The second kappa shape index (κ2) is 8.70. The second-order valence-corrected chi connectivity index (χ2v) is 6.72. The van der Waals surface area contributed by atoms with Crippen LogP contribution in [-0.4, -0.2) is 31.5 Å². The van der Waals surface area contributed by atoms with Gasteiger partial charge in [-0.15, -0.1) is 0 Å². The highest BCUT2D eigenvalue weighted by Crippen LogP contribution is 2.37. The van der Waals surface area contributed by atoms with Gasteiger partial charge in [-0.3, -0.25) is 0 Å². The number of methoxy groups -OCH3 is 3. The monoisotopic (exact) mass is 360 g/mol. The highest BCUT2D eigenvalue weighted by Gasteiger charge is 2.17. The molecular formula is C21H28O5. The SMILES string of the molecule is COc1ccc(C[C@H](C)[C@H](C)Cc2cc(O)c(OC)c(O)c2)cc1OC. The van der Waals surface area contributed by atoms with E-state index in [0.717, 1.165) is 29.9 Å². The molecule has 2 aromatic rings. The Morgan fingerprint density at radius 3 is 1.77 bits per heavy atom. The van der Waals surface area contributed by atoms with Crippen LogP contribution in [-0.2, 0) is 12.8 Å². The van der Waals surface area contributed by atoms with Crippen molar-refractivity contribution in [1.29, 1.82) is 0 Å². The van der Waals surface area contributed by atoms with E-state index in [2.05, 4.69) is 19.9 Å². The smallest absolute Gasteiger partial charge is 0.202 e. The van der Waals surface area contributed by atoms with Crippen molar-refractivity contribution < 1.29 is 24.4 Å². The number of hydrogen-bond acceptors (Lipinski definition) is 5. The van der Waals surface area contributed by atoms with Crippen molar-refractivity contribution in [3.05, 3.63) is 41.5 Å². The molecule has 0 amide bonds. The quantitative estimate of drug-likeness (QED) is 0.739. The van der Waals surface area contributed by atoms with Crippen LogP contribution >= 0.6 is 0 Å². The average Bonchev–Trinajstić information content (AvgIpc) is 2.61. The Morgan fingerprint density at radius 1 is 0.731 bits per heavy atom. The van der Waals surface area contributed by atoms with Crippen LogP contribution in [0.5, 0.6) is 28.7 Å². The maximum Gasteiger partial charge on any atom is 0.202 e. The Hall–Kier alpha value is -2.56. The van der Waals surface area contributed by atoms with E-state index in [1.807, 2.05) is 12.1 Å². The lowest BCUT2D eigenvalue weighted by Crippen LogP contribution is -2.14. The van der Waals surface area contributed by atoms with Crippen molar-refractivity contribution in [2.24, 2.45) is 11.8 Å². The minimum atomic E-state index is -0.0396. The number of benzene rings is 2. The molecule has 26 heavy (non-hydrogen) atoms. The molecule has 0 aromatic heterocycles. The van der Waals surface area contributed by atoms with E-state index >= 15 is 0 Å². The summed E-state index contributed by atoms with van der Waals surface area (Å²) < 4.78 is 15.6. The van der Waals surface area contributed by atoms with Gasteiger partial charge in [-0.1, -0.05) is 19.9 Å². The molecule has 0 fully saturated rings. The molecule has 0 unspecified atom stereocenters. The fourth-order valence-corrected chi connectivity index (χ4v) is 3.14.